The quantitative estimate of drug-likeness (QED) is 0.781. The summed E-state index contributed by atoms with van der Waals surface area (Å²) >= 11 is 3.49. The molecule has 2 aromatic rings. The van der Waals surface area contributed by atoms with Gasteiger partial charge in [0, 0.05) is 10.5 Å². The largest absolute Gasteiger partial charge is 0.310 e. The normalized spacial score (nSPS) is 12.3. The van der Waals surface area contributed by atoms with Gasteiger partial charge < -0.3 is 5.32 Å². The van der Waals surface area contributed by atoms with Crippen molar-refractivity contribution in [2.24, 2.45) is 0 Å². The van der Waals surface area contributed by atoms with Gasteiger partial charge in [0.25, 0.3) is 0 Å². The number of hydrogen-bond acceptors (Lipinski definition) is 1. The molecule has 0 saturated heterocycles. The Morgan fingerprint density at radius 3 is 2.40 bits per heavy atom. The van der Waals surface area contributed by atoms with Crippen LogP contribution in [0.5, 0.6) is 0 Å². The molecule has 0 bridgehead atoms. The summed E-state index contributed by atoms with van der Waals surface area (Å²) in [5.74, 6) is 0. The van der Waals surface area contributed by atoms with Gasteiger partial charge in [0.15, 0.2) is 0 Å². The van der Waals surface area contributed by atoms with E-state index in [-0.39, 0.29) is 0 Å². The highest BCUT2D eigenvalue weighted by Crippen LogP contribution is 2.22. The molecule has 1 nitrogen and oxygen atoms in total. The van der Waals surface area contributed by atoms with Gasteiger partial charge in [0.2, 0.25) is 0 Å². The number of aryl methyl sites for hydroxylation is 1. The Bertz CT molecular complexity index is 533. The van der Waals surface area contributed by atoms with Crippen LogP contribution in [-0.4, -0.2) is 6.54 Å². The second-order valence-electron chi connectivity index (χ2n) is 5.19. The lowest BCUT2D eigenvalue weighted by molar-refractivity contribution is 0.527. The van der Waals surface area contributed by atoms with E-state index in [0.717, 1.165) is 23.9 Å². The molecule has 0 saturated carbocycles. The molecule has 106 valence electrons. The van der Waals surface area contributed by atoms with E-state index in [1.165, 1.54) is 16.7 Å². The van der Waals surface area contributed by atoms with Crippen molar-refractivity contribution in [3.8, 4) is 0 Å². The van der Waals surface area contributed by atoms with Crippen LogP contribution in [0.3, 0.4) is 0 Å². The van der Waals surface area contributed by atoms with E-state index in [2.05, 4.69) is 83.6 Å². The fraction of sp³-hybridized carbons (Fsp3) is 0.333. The average molecular weight is 332 g/mol. The van der Waals surface area contributed by atoms with E-state index in [1.807, 2.05) is 0 Å². The van der Waals surface area contributed by atoms with Gasteiger partial charge in [-0.3, -0.25) is 0 Å². The van der Waals surface area contributed by atoms with Gasteiger partial charge in [0.05, 0.1) is 0 Å². The molecule has 0 aliphatic rings. The summed E-state index contributed by atoms with van der Waals surface area (Å²) in [5.41, 5.74) is 4.13. The smallest absolute Gasteiger partial charge is 0.0363 e. The highest BCUT2D eigenvalue weighted by atomic mass is 79.9. The number of rotatable bonds is 6. The predicted molar refractivity (Wildman–Crippen MR) is 90.1 cm³/mol. The third-order valence-electron chi connectivity index (χ3n) is 3.56. The first kappa shape index (κ1) is 15.3. The summed E-state index contributed by atoms with van der Waals surface area (Å²) in [6.07, 6.45) is 2.18. The van der Waals surface area contributed by atoms with Gasteiger partial charge in [-0.05, 0) is 55.1 Å². The topological polar surface area (TPSA) is 12.0 Å². The Hall–Kier alpha value is -1.12. The summed E-state index contributed by atoms with van der Waals surface area (Å²) < 4.78 is 1.13. The van der Waals surface area contributed by atoms with Crippen LogP contribution in [0.4, 0.5) is 0 Å². The van der Waals surface area contributed by atoms with Crippen LogP contribution in [0.25, 0.3) is 0 Å². The van der Waals surface area contributed by atoms with Crippen molar-refractivity contribution in [1.82, 2.24) is 5.32 Å². The number of hydrogen-bond donors (Lipinski definition) is 1. The summed E-state index contributed by atoms with van der Waals surface area (Å²) in [5, 5.41) is 3.68. The van der Waals surface area contributed by atoms with Crippen molar-refractivity contribution in [2.45, 2.75) is 32.7 Å². The second-order valence-corrected chi connectivity index (χ2v) is 6.11. The van der Waals surface area contributed by atoms with E-state index < -0.39 is 0 Å². The first-order valence-electron chi connectivity index (χ1n) is 7.24. The molecule has 0 heterocycles. The van der Waals surface area contributed by atoms with Gasteiger partial charge in [-0.2, -0.15) is 0 Å². The maximum atomic E-state index is 3.68. The van der Waals surface area contributed by atoms with Gasteiger partial charge >= 0.3 is 0 Å². The van der Waals surface area contributed by atoms with Gasteiger partial charge in [-0.1, -0.05) is 59.3 Å². The summed E-state index contributed by atoms with van der Waals surface area (Å²) in [7, 11) is 0. The molecular formula is C18H22BrN. The van der Waals surface area contributed by atoms with Crippen molar-refractivity contribution < 1.29 is 0 Å². The number of halogens is 1. The molecule has 0 spiro atoms. The molecule has 0 radical (unpaired) electrons. The molecule has 2 aromatic carbocycles. The van der Waals surface area contributed by atoms with E-state index in [1.54, 1.807) is 0 Å². The monoisotopic (exact) mass is 331 g/mol. The molecule has 0 aliphatic carbocycles. The molecular weight excluding hydrogens is 310 g/mol. The molecule has 2 rings (SSSR count). The van der Waals surface area contributed by atoms with Crippen LogP contribution in [0.15, 0.2) is 53.0 Å². The van der Waals surface area contributed by atoms with Crippen LogP contribution in [-0.2, 0) is 6.42 Å². The minimum Gasteiger partial charge on any atom is -0.310 e. The fourth-order valence-electron chi connectivity index (χ4n) is 2.44. The molecule has 1 N–H and O–H groups in total. The van der Waals surface area contributed by atoms with E-state index in [9.17, 15) is 0 Å². The maximum absolute atomic E-state index is 3.68. The highest BCUT2D eigenvalue weighted by Gasteiger charge is 2.13. The van der Waals surface area contributed by atoms with Crippen LogP contribution < -0.4 is 5.32 Å². The van der Waals surface area contributed by atoms with Crippen LogP contribution in [0.1, 0.15) is 36.1 Å². The number of nitrogens with one attached hydrogen (secondary N) is 1. The van der Waals surface area contributed by atoms with E-state index in [4.69, 9.17) is 0 Å². The van der Waals surface area contributed by atoms with Crippen molar-refractivity contribution in [3.63, 3.8) is 0 Å². The SMILES string of the molecule is CCCNC(Cc1ccc(Br)cc1)c1ccccc1C. The molecule has 1 atom stereocenters. The molecule has 20 heavy (non-hydrogen) atoms. The zero-order valence-corrected chi connectivity index (χ0v) is 13.8. The zero-order valence-electron chi connectivity index (χ0n) is 12.2. The third kappa shape index (κ3) is 4.19. The van der Waals surface area contributed by atoms with Crippen molar-refractivity contribution >= 4 is 15.9 Å². The van der Waals surface area contributed by atoms with Crippen LogP contribution >= 0.6 is 15.9 Å². The fourth-order valence-corrected chi connectivity index (χ4v) is 2.71. The average Bonchev–Trinajstić information content (AvgIpc) is 2.46. The Morgan fingerprint density at radius 2 is 1.75 bits per heavy atom. The van der Waals surface area contributed by atoms with E-state index in [0.29, 0.717) is 6.04 Å². The van der Waals surface area contributed by atoms with Gasteiger partial charge in [0.1, 0.15) is 0 Å². The zero-order chi connectivity index (χ0) is 14.4. The Kier molecular flexibility index (Phi) is 5.81. The van der Waals surface area contributed by atoms with Crippen molar-refractivity contribution in [1.29, 1.82) is 0 Å². The predicted octanol–water partition coefficient (Wildman–Crippen LogP) is 5.04. The van der Waals surface area contributed by atoms with Crippen LogP contribution in [0, 0.1) is 6.92 Å². The Morgan fingerprint density at radius 1 is 1.05 bits per heavy atom. The molecule has 2 heteroatoms. The number of benzene rings is 2. The van der Waals surface area contributed by atoms with Crippen molar-refractivity contribution in [3.05, 3.63) is 69.7 Å². The molecule has 0 aliphatic heterocycles. The first-order chi connectivity index (χ1) is 9.70. The molecule has 0 fully saturated rings. The summed E-state index contributed by atoms with van der Waals surface area (Å²) in [6.45, 7) is 5.45. The summed E-state index contributed by atoms with van der Waals surface area (Å²) in [4.78, 5) is 0. The highest BCUT2D eigenvalue weighted by molar-refractivity contribution is 9.10. The second kappa shape index (κ2) is 7.61. The summed E-state index contributed by atoms with van der Waals surface area (Å²) in [6, 6.07) is 17.7. The first-order valence-corrected chi connectivity index (χ1v) is 8.03. The minimum atomic E-state index is 0.386. The lowest BCUT2D eigenvalue weighted by Gasteiger charge is -2.21. The Balaban J connectivity index is 2.19. The third-order valence-corrected chi connectivity index (χ3v) is 4.09. The lowest BCUT2D eigenvalue weighted by Crippen LogP contribution is -2.24. The molecule has 0 aromatic heterocycles. The van der Waals surface area contributed by atoms with Gasteiger partial charge in [-0.25, -0.2) is 0 Å². The Labute approximate surface area is 130 Å². The van der Waals surface area contributed by atoms with Crippen LogP contribution in [0.2, 0.25) is 0 Å². The van der Waals surface area contributed by atoms with Gasteiger partial charge in [-0.15, -0.1) is 0 Å². The van der Waals surface area contributed by atoms with Crippen molar-refractivity contribution in [2.75, 3.05) is 6.54 Å². The van der Waals surface area contributed by atoms with E-state index >= 15 is 0 Å². The standard InChI is InChI=1S/C18H22BrN/c1-3-12-20-18(17-7-5-4-6-14(17)2)13-15-8-10-16(19)11-9-15/h4-11,18,20H,3,12-13H2,1-2H3. The molecule has 0 amide bonds. The minimum absolute atomic E-state index is 0.386. The molecule has 1 unspecified atom stereocenters. The lowest BCUT2D eigenvalue weighted by atomic mass is 9.95. The maximum Gasteiger partial charge on any atom is 0.0363 e.